The van der Waals surface area contributed by atoms with E-state index in [1.165, 1.54) is 6.08 Å². The molecule has 1 aliphatic rings. The molecule has 0 aromatic carbocycles. The van der Waals surface area contributed by atoms with Crippen LogP contribution in [0.3, 0.4) is 0 Å². The van der Waals surface area contributed by atoms with E-state index >= 15 is 0 Å². The second kappa shape index (κ2) is 6.59. The minimum Gasteiger partial charge on any atom is -0.463 e. The Morgan fingerprint density at radius 3 is 2.47 bits per heavy atom. The Bertz CT molecular complexity index is 351. The first-order chi connectivity index (χ1) is 8.80. The summed E-state index contributed by atoms with van der Waals surface area (Å²) in [6.07, 6.45) is 4.57. The highest BCUT2D eigenvalue weighted by atomic mass is 16.6. The van der Waals surface area contributed by atoms with E-state index in [4.69, 9.17) is 9.47 Å². The van der Waals surface area contributed by atoms with Crippen LogP contribution in [-0.2, 0) is 14.3 Å². The summed E-state index contributed by atoms with van der Waals surface area (Å²) in [5.41, 5.74) is -0.475. The lowest BCUT2D eigenvalue weighted by atomic mass is 9.80. The fraction of sp³-hybridized carbons (Fsp3) is 0.714. The van der Waals surface area contributed by atoms with Crippen molar-refractivity contribution in [3.05, 3.63) is 12.2 Å². The van der Waals surface area contributed by atoms with Gasteiger partial charge in [-0.25, -0.2) is 9.59 Å². The lowest BCUT2D eigenvalue weighted by molar-refractivity contribution is -0.137. The average molecular weight is 269 g/mol. The number of hydrogen-bond donors (Lipinski definition) is 1. The molecule has 0 heterocycles. The third kappa shape index (κ3) is 6.27. The zero-order valence-corrected chi connectivity index (χ0v) is 12.1. The van der Waals surface area contributed by atoms with Crippen LogP contribution in [0, 0.1) is 5.92 Å². The molecule has 0 aliphatic heterocycles. The van der Waals surface area contributed by atoms with Crippen LogP contribution in [0.4, 0.5) is 4.79 Å². The van der Waals surface area contributed by atoms with Gasteiger partial charge in [0.25, 0.3) is 0 Å². The molecule has 19 heavy (non-hydrogen) atoms. The maximum Gasteiger partial charge on any atom is 0.407 e. The number of carbonyl (C=O) groups excluding carboxylic acids is 2. The molecule has 0 aromatic rings. The van der Waals surface area contributed by atoms with Crippen LogP contribution in [-0.4, -0.2) is 30.3 Å². The van der Waals surface area contributed by atoms with Gasteiger partial charge in [-0.2, -0.15) is 0 Å². The molecule has 0 radical (unpaired) electrons. The monoisotopic (exact) mass is 269 g/mol. The zero-order valence-electron chi connectivity index (χ0n) is 12.1. The molecular formula is C14H23NO4. The molecule has 0 saturated heterocycles. The molecule has 5 heteroatoms. The third-order valence-corrected chi connectivity index (χ3v) is 2.69. The number of allylic oxidation sites excluding steroid dienone is 1. The Balaban J connectivity index is 2.20. The van der Waals surface area contributed by atoms with Crippen LogP contribution in [0.15, 0.2) is 12.2 Å². The van der Waals surface area contributed by atoms with E-state index in [0.29, 0.717) is 12.5 Å². The molecule has 0 spiro atoms. The van der Waals surface area contributed by atoms with Crippen molar-refractivity contribution in [2.75, 3.05) is 6.61 Å². The topological polar surface area (TPSA) is 64.6 Å². The van der Waals surface area contributed by atoms with Gasteiger partial charge in [0.1, 0.15) is 5.60 Å². The van der Waals surface area contributed by atoms with Gasteiger partial charge in [-0.1, -0.05) is 6.08 Å². The second-order valence-corrected chi connectivity index (χ2v) is 5.69. The fourth-order valence-corrected chi connectivity index (χ4v) is 1.82. The maximum atomic E-state index is 11.5. The summed E-state index contributed by atoms with van der Waals surface area (Å²) >= 11 is 0. The lowest BCUT2D eigenvalue weighted by Crippen LogP contribution is -2.45. The van der Waals surface area contributed by atoms with E-state index in [9.17, 15) is 9.59 Å². The fourth-order valence-electron chi connectivity index (χ4n) is 1.82. The van der Waals surface area contributed by atoms with Crippen molar-refractivity contribution in [2.24, 2.45) is 5.92 Å². The first-order valence-corrected chi connectivity index (χ1v) is 6.64. The number of carbonyl (C=O) groups is 2. The molecule has 0 atom stereocenters. The highest BCUT2D eigenvalue weighted by Gasteiger charge is 2.30. The largest absolute Gasteiger partial charge is 0.463 e. The van der Waals surface area contributed by atoms with Gasteiger partial charge in [-0.05, 0) is 46.5 Å². The van der Waals surface area contributed by atoms with Crippen molar-refractivity contribution >= 4 is 12.1 Å². The summed E-state index contributed by atoms with van der Waals surface area (Å²) in [4.78, 5) is 22.6. The smallest absolute Gasteiger partial charge is 0.407 e. The van der Waals surface area contributed by atoms with E-state index in [1.54, 1.807) is 6.92 Å². The van der Waals surface area contributed by atoms with E-state index in [-0.39, 0.29) is 18.1 Å². The molecule has 0 aromatic heterocycles. The Hall–Kier alpha value is -1.52. The van der Waals surface area contributed by atoms with Gasteiger partial charge in [0.15, 0.2) is 0 Å². The van der Waals surface area contributed by atoms with Gasteiger partial charge >= 0.3 is 12.1 Å². The van der Waals surface area contributed by atoms with E-state index in [1.807, 2.05) is 26.8 Å². The Morgan fingerprint density at radius 1 is 1.32 bits per heavy atom. The van der Waals surface area contributed by atoms with Crippen molar-refractivity contribution < 1.29 is 19.1 Å². The number of amides is 1. The van der Waals surface area contributed by atoms with Gasteiger partial charge in [-0.15, -0.1) is 0 Å². The molecular weight excluding hydrogens is 246 g/mol. The van der Waals surface area contributed by atoms with Crippen molar-refractivity contribution in [2.45, 2.75) is 52.2 Å². The van der Waals surface area contributed by atoms with Crippen molar-refractivity contribution in [1.29, 1.82) is 0 Å². The van der Waals surface area contributed by atoms with Crippen LogP contribution in [0.2, 0.25) is 0 Å². The van der Waals surface area contributed by atoms with Crippen LogP contribution in [0.5, 0.6) is 0 Å². The number of ether oxygens (including phenoxy) is 2. The van der Waals surface area contributed by atoms with Gasteiger partial charge in [0.05, 0.1) is 6.61 Å². The second-order valence-electron chi connectivity index (χ2n) is 5.69. The molecule has 0 unspecified atom stereocenters. The van der Waals surface area contributed by atoms with Crippen LogP contribution >= 0.6 is 0 Å². The minimum atomic E-state index is -0.475. The highest BCUT2D eigenvalue weighted by molar-refractivity contribution is 5.81. The number of nitrogens with one attached hydrogen (secondary N) is 1. The van der Waals surface area contributed by atoms with Gasteiger partial charge in [0, 0.05) is 12.1 Å². The highest BCUT2D eigenvalue weighted by Crippen LogP contribution is 2.28. The molecule has 1 rings (SSSR count). The first kappa shape index (κ1) is 15.5. The predicted octanol–water partition coefficient (Wildman–Crippen LogP) is 2.41. The molecule has 108 valence electrons. The van der Waals surface area contributed by atoms with Crippen molar-refractivity contribution in [3.63, 3.8) is 0 Å². The van der Waals surface area contributed by atoms with Crippen LogP contribution < -0.4 is 5.32 Å². The summed E-state index contributed by atoms with van der Waals surface area (Å²) in [5, 5.41) is 2.80. The summed E-state index contributed by atoms with van der Waals surface area (Å²) in [6.45, 7) is 7.65. The SMILES string of the molecule is CCOC(=O)/C=C/[C@H]1C[C@H](NC(=O)OC(C)(C)C)C1. The van der Waals surface area contributed by atoms with Gasteiger partial charge < -0.3 is 14.8 Å². The summed E-state index contributed by atoms with van der Waals surface area (Å²) in [5.74, 6) is 0.00962. The van der Waals surface area contributed by atoms with E-state index < -0.39 is 5.60 Å². The number of rotatable bonds is 4. The molecule has 5 nitrogen and oxygen atoms in total. The van der Waals surface area contributed by atoms with Crippen molar-refractivity contribution in [3.8, 4) is 0 Å². The normalized spacial score (nSPS) is 22.7. The van der Waals surface area contributed by atoms with Gasteiger partial charge in [0.2, 0.25) is 0 Å². The average Bonchev–Trinajstić information content (AvgIpc) is 2.18. The quantitative estimate of drug-likeness (QED) is 0.628. The molecule has 1 saturated carbocycles. The van der Waals surface area contributed by atoms with Crippen LogP contribution in [0.1, 0.15) is 40.5 Å². The Morgan fingerprint density at radius 2 is 1.95 bits per heavy atom. The summed E-state index contributed by atoms with van der Waals surface area (Å²) in [7, 11) is 0. The minimum absolute atomic E-state index is 0.131. The third-order valence-electron chi connectivity index (χ3n) is 2.69. The number of alkyl carbamates (subject to hydrolysis) is 1. The van der Waals surface area contributed by atoms with E-state index in [0.717, 1.165) is 12.8 Å². The molecule has 1 N–H and O–H groups in total. The number of hydrogen-bond acceptors (Lipinski definition) is 4. The van der Waals surface area contributed by atoms with Crippen molar-refractivity contribution in [1.82, 2.24) is 5.32 Å². The Labute approximate surface area is 114 Å². The summed E-state index contributed by atoms with van der Waals surface area (Å²) in [6, 6.07) is 0.131. The summed E-state index contributed by atoms with van der Waals surface area (Å²) < 4.78 is 9.96. The predicted molar refractivity (Wildman–Crippen MR) is 71.7 cm³/mol. The number of esters is 1. The van der Waals surface area contributed by atoms with E-state index in [2.05, 4.69) is 5.32 Å². The first-order valence-electron chi connectivity index (χ1n) is 6.64. The molecule has 1 aliphatic carbocycles. The van der Waals surface area contributed by atoms with Gasteiger partial charge in [-0.3, -0.25) is 0 Å². The molecule has 1 fully saturated rings. The Kier molecular flexibility index (Phi) is 5.39. The standard InChI is InChI=1S/C14H23NO4/c1-5-18-12(16)7-6-10-8-11(9-10)15-13(17)19-14(2,3)4/h6-7,10-11H,5,8-9H2,1-4H3,(H,15,17)/b7-6+/t10-,11-. The van der Waals surface area contributed by atoms with Crippen LogP contribution in [0.25, 0.3) is 0 Å². The maximum absolute atomic E-state index is 11.5. The molecule has 1 amide bonds. The zero-order chi connectivity index (χ0) is 14.5. The lowest BCUT2D eigenvalue weighted by Gasteiger charge is -2.34. The molecule has 0 bridgehead atoms.